The van der Waals surface area contributed by atoms with E-state index in [0.29, 0.717) is 13.1 Å². The van der Waals surface area contributed by atoms with Crippen molar-refractivity contribution in [2.75, 3.05) is 13.1 Å². The van der Waals surface area contributed by atoms with Crippen molar-refractivity contribution in [3.63, 3.8) is 0 Å². The lowest BCUT2D eigenvalue weighted by molar-refractivity contribution is 0.377. The highest BCUT2D eigenvalue weighted by atomic mass is 19.2. The zero-order chi connectivity index (χ0) is 15.6. The van der Waals surface area contributed by atoms with Crippen LogP contribution < -0.4 is 5.32 Å². The summed E-state index contributed by atoms with van der Waals surface area (Å²) in [4.78, 5) is 0. The first-order valence-electron chi connectivity index (χ1n) is 6.02. The van der Waals surface area contributed by atoms with Gasteiger partial charge in [0, 0.05) is 13.0 Å². The van der Waals surface area contributed by atoms with Gasteiger partial charge in [-0.15, -0.1) is 10.2 Å². The van der Waals surface area contributed by atoms with Crippen LogP contribution in [0, 0.1) is 29.1 Å². The summed E-state index contributed by atoms with van der Waals surface area (Å²) in [5, 5.41) is 9.77. The maximum absolute atomic E-state index is 13.5. The van der Waals surface area contributed by atoms with Gasteiger partial charge in [0.1, 0.15) is 5.56 Å². The van der Waals surface area contributed by atoms with E-state index in [-0.39, 0.29) is 12.3 Å². The van der Waals surface area contributed by atoms with Gasteiger partial charge in [0.25, 0.3) is 5.89 Å². The van der Waals surface area contributed by atoms with Gasteiger partial charge in [-0.1, -0.05) is 6.92 Å². The topological polar surface area (TPSA) is 51.0 Å². The van der Waals surface area contributed by atoms with Crippen molar-refractivity contribution in [1.29, 1.82) is 0 Å². The Kier molecular flexibility index (Phi) is 4.51. The lowest BCUT2D eigenvalue weighted by Crippen LogP contribution is -2.16. The van der Waals surface area contributed by atoms with Gasteiger partial charge in [-0.05, 0) is 6.54 Å². The first-order chi connectivity index (χ1) is 9.97. The van der Waals surface area contributed by atoms with Crippen LogP contribution in [0.1, 0.15) is 12.8 Å². The summed E-state index contributed by atoms with van der Waals surface area (Å²) >= 11 is 0. The highest BCUT2D eigenvalue weighted by molar-refractivity contribution is 5.55. The molecule has 1 aromatic carbocycles. The fourth-order valence-corrected chi connectivity index (χ4v) is 1.62. The van der Waals surface area contributed by atoms with Crippen LogP contribution >= 0.6 is 0 Å². The third kappa shape index (κ3) is 2.87. The first kappa shape index (κ1) is 15.4. The summed E-state index contributed by atoms with van der Waals surface area (Å²) in [5.41, 5.74) is -1.23. The van der Waals surface area contributed by atoms with Crippen LogP contribution in [0.15, 0.2) is 4.42 Å². The highest BCUT2D eigenvalue weighted by Crippen LogP contribution is 2.30. The Balaban J connectivity index is 2.39. The Morgan fingerprint density at radius 1 is 0.905 bits per heavy atom. The van der Waals surface area contributed by atoms with E-state index in [9.17, 15) is 22.0 Å². The minimum absolute atomic E-state index is 0.0230. The predicted molar refractivity (Wildman–Crippen MR) is 61.8 cm³/mol. The number of nitrogens with zero attached hydrogens (tertiary/aromatic N) is 2. The van der Waals surface area contributed by atoms with Crippen LogP contribution in [0.2, 0.25) is 0 Å². The number of likely N-dealkylation sites (N-methyl/N-ethyl adjacent to an activating group) is 1. The molecule has 21 heavy (non-hydrogen) atoms. The Hall–Kier alpha value is -2.03. The molecule has 0 bridgehead atoms. The average molecular weight is 307 g/mol. The Morgan fingerprint density at radius 3 is 2.05 bits per heavy atom. The number of halogens is 5. The number of aromatic nitrogens is 2. The van der Waals surface area contributed by atoms with Gasteiger partial charge < -0.3 is 9.73 Å². The maximum Gasteiger partial charge on any atom is 0.253 e. The maximum atomic E-state index is 13.5. The molecule has 1 N–H and O–H groups in total. The molecule has 0 aliphatic rings. The van der Waals surface area contributed by atoms with Gasteiger partial charge in [-0.3, -0.25) is 0 Å². The fourth-order valence-electron chi connectivity index (χ4n) is 1.62. The number of hydrogen-bond donors (Lipinski definition) is 1. The molecule has 2 rings (SSSR count). The molecule has 4 nitrogen and oxygen atoms in total. The summed E-state index contributed by atoms with van der Waals surface area (Å²) < 4.78 is 71.1. The molecular formula is C12H10F5N3O. The molecule has 1 aromatic heterocycles. The normalized spacial score (nSPS) is 11.1. The molecule has 0 aliphatic heterocycles. The van der Waals surface area contributed by atoms with Crippen molar-refractivity contribution in [2.24, 2.45) is 0 Å². The standard InChI is InChI=1S/C12H10F5N3O/c1-2-18-4-3-5-19-20-12(21-5)6-7(13)9(15)11(17)10(16)8(6)14/h18H,2-4H2,1H3. The minimum Gasteiger partial charge on any atom is -0.420 e. The Labute approximate surface area is 116 Å². The fraction of sp³-hybridized carbons (Fsp3) is 0.333. The molecule has 0 amide bonds. The van der Waals surface area contributed by atoms with Crippen LogP contribution in [-0.2, 0) is 6.42 Å². The molecule has 0 saturated heterocycles. The van der Waals surface area contributed by atoms with Crippen LogP contribution in [0.3, 0.4) is 0 Å². The van der Waals surface area contributed by atoms with Crippen LogP contribution in [-0.4, -0.2) is 23.3 Å². The molecule has 0 radical (unpaired) electrons. The number of nitrogens with one attached hydrogen (secondary N) is 1. The minimum atomic E-state index is -2.24. The molecule has 0 aliphatic carbocycles. The van der Waals surface area contributed by atoms with Crippen molar-refractivity contribution < 1.29 is 26.4 Å². The Bertz CT molecular complexity index is 630. The predicted octanol–water partition coefficient (Wildman–Crippen LogP) is 2.58. The molecular weight excluding hydrogens is 297 g/mol. The van der Waals surface area contributed by atoms with Crippen molar-refractivity contribution in [1.82, 2.24) is 15.5 Å². The summed E-state index contributed by atoms with van der Waals surface area (Å²) in [6, 6.07) is 0. The molecule has 0 fully saturated rings. The van der Waals surface area contributed by atoms with Crippen LogP contribution in [0.4, 0.5) is 22.0 Å². The van der Waals surface area contributed by atoms with E-state index in [1.807, 2.05) is 6.92 Å². The van der Waals surface area contributed by atoms with E-state index in [1.165, 1.54) is 0 Å². The second-order valence-electron chi connectivity index (χ2n) is 4.05. The van der Waals surface area contributed by atoms with E-state index in [4.69, 9.17) is 4.42 Å². The zero-order valence-corrected chi connectivity index (χ0v) is 10.8. The molecule has 0 atom stereocenters. The van der Waals surface area contributed by atoms with E-state index >= 15 is 0 Å². The average Bonchev–Trinajstić information content (AvgIpc) is 2.92. The molecule has 9 heteroatoms. The lowest BCUT2D eigenvalue weighted by atomic mass is 10.1. The molecule has 114 valence electrons. The summed E-state index contributed by atoms with van der Waals surface area (Å²) in [6.07, 6.45) is 0.260. The number of rotatable bonds is 5. The summed E-state index contributed by atoms with van der Waals surface area (Å²) in [6.45, 7) is 3.03. The molecule has 0 spiro atoms. The number of hydrogen-bond acceptors (Lipinski definition) is 4. The van der Waals surface area contributed by atoms with E-state index in [2.05, 4.69) is 15.5 Å². The van der Waals surface area contributed by atoms with Crippen LogP contribution in [0.5, 0.6) is 0 Å². The van der Waals surface area contributed by atoms with Gasteiger partial charge in [0.05, 0.1) is 0 Å². The summed E-state index contributed by atoms with van der Waals surface area (Å²) in [5.74, 6) is -11.1. The first-order valence-corrected chi connectivity index (χ1v) is 6.02. The van der Waals surface area contributed by atoms with Crippen LogP contribution in [0.25, 0.3) is 11.5 Å². The Morgan fingerprint density at radius 2 is 1.48 bits per heavy atom. The molecule has 0 saturated carbocycles. The third-order valence-corrected chi connectivity index (χ3v) is 2.66. The third-order valence-electron chi connectivity index (χ3n) is 2.66. The van der Waals surface area contributed by atoms with E-state index in [0.717, 1.165) is 0 Å². The summed E-state index contributed by atoms with van der Waals surface area (Å²) in [7, 11) is 0. The SMILES string of the molecule is CCNCCc1nnc(-c2c(F)c(F)c(F)c(F)c2F)o1. The molecule has 2 aromatic rings. The lowest BCUT2D eigenvalue weighted by Gasteiger charge is -2.04. The highest BCUT2D eigenvalue weighted by Gasteiger charge is 2.29. The van der Waals surface area contributed by atoms with E-state index in [1.54, 1.807) is 0 Å². The van der Waals surface area contributed by atoms with Gasteiger partial charge in [-0.25, -0.2) is 22.0 Å². The van der Waals surface area contributed by atoms with Crippen molar-refractivity contribution in [2.45, 2.75) is 13.3 Å². The van der Waals surface area contributed by atoms with Gasteiger partial charge in [0.2, 0.25) is 11.7 Å². The molecule has 1 heterocycles. The largest absolute Gasteiger partial charge is 0.420 e. The van der Waals surface area contributed by atoms with Crippen molar-refractivity contribution in [3.05, 3.63) is 35.0 Å². The smallest absolute Gasteiger partial charge is 0.253 e. The van der Waals surface area contributed by atoms with Gasteiger partial charge in [-0.2, -0.15) is 0 Å². The second kappa shape index (κ2) is 6.17. The monoisotopic (exact) mass is 307 g/mol. The van der Waals surface area contributed by atoms with Gasteiger partial charge in [0.15, 0.2) is 23.3 Å². The van der Waals surface area contributed by atoms with Gasteiger partial charge >= 0.3 is 0 Å². The number of benzene rings is 1. The zero-order valence-electron chi connectivity index (χ0n) is 10.8. The second-order valence-corrected chi connectivity index (χ2v) is 4.05. The van der Waals surface area contributed by atoms with E-state index < -0.39 is 40.5 Å². The van der Waals surface area contributed by atoms with Crippen molar-refractivity contribution >= 4 is 0 Å². The van der Waals surface area contributed by atoms with Crippen molar-refractivity contribution in [3.8, 4) is 11.5 Å². The molecule has 0 unspecified atom stereocenters. The quantitative estimate of drug-likeness (QED) is 0.399.